The molecule has 2 rings (SSSR count). The van der Waals surface area contributed by atoms with Crippen LogP contribution in [0.1, 0.15) is 18.1 Å². The quantitative estimate of drug-likeness (QED) is 0.709. The van der Waals surface area contributed by atoms with Gasteiger partial charge in [-0.05, 0) is 63.4 Å². The number of likely N-dealkylation sites (N-methyl/N-ethyl adjacent to an activating group) is 1. The Morgan fingerprint density at radius 3 is 2.48 bits per heavy atom. The Balaban J connectivity index is 1.95. The fourth-order valence-corrected chi connectivity index (χ4v) is 3.16. The van der Waals surface area contributed by atoms with E-state index in [2.05, 4.69) is 10.6 Å². The van der Waals surface area contributed by atoms with Crippen LogP contribution in [0.3, 0.4) is 0 Å². The van der Waals surface area contributed by atoms with Gasteiger partial charge >= 0.3 is 0 Å². The molecule has 2 aromatic rings. The molecule has 0 heterocycles. The highest BCUT2D eigenvalue weighted by atomic mass is 32.2. The second-order valence-corrected chi connectivity index (χ2v) is 7.50. The molecule has 2 N–H and O–H groups in total. The molecule has 0 unspecified atom stereocenters. The number of amides is 2. The van der Waals surface area contributed by atoms with E-state index in [1.807, 2.05) is 62.6 Å². The third kappa shape index (κ3) is 5.84. The second kappa shape index (κ2) is 9.58. The van der Waals surface area contributed by atoms with Gasteiger partial charge < -0.3 is 10.6 Å². The minimum Gasteiger partial charge on any atom is -0.325 e. The van der Waals surface area contributed by atoms with Crippen LogP contribution in [0.4, 0.5) is 11.4 Å². The highest BCUT2D eigenvalue weighted by Crippen LogP contribution is 2.24. The first-order chi connectivity index (χ1) is 12.8. The van der Waals surface area contributed by atoms with Gasteiger partial charge in [-0.3, -0.25) is 14.5 Å². The SMILES string of the molecule is CSc1ccccc1NC(=O)[C@@H](C)N(C)CC(=O)Nc1cc(C)ccc1C. The second-order valence-electron chi connectivity index (χ2n) is 6.65. The van der Waals surface area contributed by atoms with E-state index in [9.17, 15) is 9.59 Å². The van der Waals surface area contributed by atoms with Crippen molar-refractivity contribution in [2.24, 2.45) is 0 Å². The van der Waals surface area contributed by atoms with Crippen LogP contribution < -0.4 is 10.6 Å². The van der Waals surface area contributed by atoms with Crippen molar-refractivity contribution in [2.75, 3.05) is 30.5 Å². The zero-order chi connectivity index (χ0) is 20.0. The lowest BCUT2D eigenvalue weighted by molar-refractivity contribution is -0.122. The topological polar surface area (TPSA) is 61.4 Å². The molecule has 0 aliphatic rings. The summed E-state index contributed by atoms with van der Waals surface area (Å²) in [6, 6.07) is 13.2. The number of anilines is 2. The number of rotatable bonds is 7. The predicted molar refractivity (Wildman–Crippen MR) is 113 cm³/mol. The Hall–Kier alpha value is -2.31. The standard InChI is InChI=1S/C21H27N3O2S/c1-14-10-11-15(2)18(12-14)22-20(25)13-24(4)16(3)21(26)23-17-8-6-7-9-19(17)27-5/h6-12,16H,13H2,1-5H3,(H,22,25)(H,23,26)/t16-/m1/s1. The molecule has 0 saturated carbocycles. The normalized spacial score (nSPS) is 11.9. The third-order valence-corrected chi connectivity index (χ3v) is 5.26. The molecule has 5 nitrogen and oxygen atoms in total. The van der Waals surface area contributed by atoms with E-state index in [1.165, 1.54) is 0 Å². The lowest BCUT2D eigenvalue weighted by atomic mass is 10.1. The summed E-state index contributed by atoms with van der Waals surface area (Å²) in [5.41, 5.74) is 3.69. The maximum Gasteiger partial charge on any atom is 0.241 e. The highest BCUT2D eigenvalue weighted by Gasteiger charge is 2.21. The third-order valence-electron chi connectivity index (χ3n) is 4.47. The predicted octanol–water partition coefficient (Wildman–Crippen LogP) is 3.92. The largest absolute Gasteiger partial charge is 0.325 e. The number of hydrogen-bond acceptors (Lipinski definition) is 4. The number of aryl methyl sites for hydroxylation is 2. The van der Waals surface area contributed by atoms with Gasteiger partial charge in [-0.15, -0.1) is 11.8 Å². The lowest BCUT2D eigenvalue weighted by Gasteiger charge is -2.24. The number of carbonyl (C=O) groups is 2. The molecule has 0 spiro atoms. The number of benzene rings is 2. The Morgan fingerprint density at radius 1 is 1.07 bits per heavy atom. The van der Waals surface area contributed by atoms with Crippen molar-refractivity contribution in [3.8, 4) is 0 Å². The summed E-state index contributed by atoms with van der Waals surface area (Å²) in [6.45, 7) is 5.87. The molecule has 0 aromatic heterocycles. The van der Waals surface area contributed by atoms with Gasteiger partial charge in [0.1, 0.15) is 0 Å². The summed E-state index contributed by atoms with van der Waals surface area (Å²) in [5.74, 6) is -0.283. The molecule has 6 heteroatoms. The number of nitrogens with zero attached hydrogens (tertiary/aromatic N) is 1. The first kappa shape index (κ1) is 21.0. The molecular weight excluding hydrogens is 358 g/mol. The molecule has 0 aliphatic carbocycles. The van der Waals surface area contributed by atoms with Crippen molar-refractivity contribution in [1.82, 2.24) is 4.90 Å². The van der Waals surface area contributed by atoms with Gasteiger partial charge in [0.05, 0.1) is 18.3 Å². The first-order valence-electron chi connectivity index (χ1n) is 8.83. The number of para-hydroxylation sites is 1. The monoisotopic (exact) mass is 385 g/mol. The van der Waals surface area contributed by atoms with Gasteiger partial charge in [0.15, 0.2) is 0 Å². The average Bonchev–Trinajstić information content (AvgIpc) is 2.64. The molecule has 0 bridgehead atoms. The fraction of sp³-hybridized carbons (Fsp3) is 0.333. The van der Waals surface area contributed by atoms with Crippen LogP contribution in [-0.4, -0.2) is 42.6 Å². The van der Waals surface area contributed by atoms with Crippen molar-refractivity contribution >= 4 is 35.0 Å². The van der Waals surface area contributed by atoms with E-state index >= 15 is 0 Å². The minimum absolute atomic E-state index is 0.131. The highest BCUT2D eigenvalue weighted by molar-refractivity contribution is 7.98. The van der Waals surface area contributed by atoms with Crippen molar-refractivity contribution in [3.63, 3.8) is 0 Å². The number of thioether (sulfide) groups is 1. The summed E-state index contributed by atoms with van der Waals surface area (Å²) < 4.78 is 0. The van der Waals surface area contributed by atoms with Gasteiger partial charge in [-0.2, -0.15) is 0 Å². The Labute approximate surface area is 165 Å². The van der Waals surface area contributed by atoms with E-state index < -0.39 is 6.04 Å². The molecule has 0 saturated heterocycles. The van der Waals surface area contributed by atoms with E-state index in [-0.39, 0.29) is 18.4 Å². The van der Waals surface area contributed by atoms with Crippen molar-refractivity contribution in [3.05, 3.63) is 53.6 Å². The van der Waals surface area contributed by atoms with Gasteiger partial charge in [0.2, 0.25) is 11.8 Å². The summed E-state index contributed by atoms with van der Waals surface area (Å²) in [5, 5.41) is 5.88. The van der Waals surface area contributed by atoms with Crippen LogP contribution in [0, 0.1) is 13.8 Å². The smallest absolute Gasteiger partial charge is 0.241 e. The molecule has 2 aromatic carbocycles. The van der Waals surface area contributed by atoms with Crippen LogP contribution in [0.5, 0.6) is 0 Å². The Morgan fingerprint density at radius 2 is 1.78 bits per heavy atom. The Kier molecular flexibility index (Phi) is 7.45. The number of nitrogens with one attached hydrogen (secondary N) is 2. The molecule has 0 radical (unpaired) electrons. The van der Waals surface area contributed by atoms with Crippen molar-refractivity contribution in [1.29, 1.82) is 0 Å². The van der Waals surface area contributed by atoms with Crippen molar-refractivity contribution in [2.45, 2.75) is 31.7 Å². The van der Waals surface area contributed by atoms with Crippen LogP contribution in [0.15, 0.2) is 47.4 Å². The first-order valence-corrected chi connectivity index (χ1v) is 10.1. The zero-order valence-corrected chi connectivity index (χ0v) is 17.3. The van der Waals surface area contributed by atoms with Crippen LogP contribution in [-0.2, 0) is 9.59 Å². The van der Waals surface area contributed by atoms with Crippen molar-refractivity contribution < 1.29 is 9.59 Å². The van der Waals surface area contributed by atoms with Gasteiger partial charge in [-0.25, -0.2) is 0 Å². The van der Waals surface area contributed by atoms with E-state index in [0.717, 1.165) is 27.4 Å². The van der Waals surface area contributed by atoms with Crippen LogP contribution in [0.2, 0.25) is 0 Å². The van der Waals surface area contributed by atoms with Gasteiger partial charge in [0, 0.05) is 10.6 Å². The molecule has 144 valence electrons. The number of carbonyl (C=O) groups excluding carboxylic acids is 2. The summed E-state index contributed by atoms with van der Waals surface area (Å²) in [6.07, 6.45) is 1.97. The van der Waals surface area contributed by atoms with E-state index in [1.54, 1.807) is 30.6 Å². The molecule has 0 aliphatic heterocycles. The molecule has 0 fully saturated rings. The summed E-state index contributed by atoms with van der Waals surface area (Å²) in [7, 11) is 1.77. The maximum atomic E-state index is 12.6. The van der Waals surface area contributed by atoms with Gasteiger partial charge in [0.25, 0.3) is 0 Å². The lowest BCUT2D eigenvalue weighted by Crippen LogP contribution is -2.43. The molecule has 27 heavy (non-hydrogen) atoms. The van der Waals surface area contributed by atoms with Gasteiger partial charge in [-0.1, -0.05) is 24.3 Å². The number of hydrogen-bond donors (Lipinski definition) is 2. The maximum absolute atomic E-state index is 12.6. The summed E-state index contributed by atoms with van der Waals surface area (Å²) in [4.78, 5) is 27.7. The minimum atomic E-state index is -0.440. The molecular formula is C21H27N3O2S. The zero-order valence-electron chi connectivity index (χ0n) is 16.5. The summed E-state index contributed by atoms with van der Waals surface area (Å²) >= 11 is 1.58. The molecule has 1 atom stereocenters. The van der Waals surface area contributed by atoms with Crippen LogP contribution >= 0.6 is 11.8 Å². The Bertz CT molecular complexity index is 823. The molecule has 2 amide bonds. The fourth-order valence-electron chi connectivity index (χ4n) is 2.61. The van der Waals surface area contributed by atoms with E-state index in [0.29, 0.717) is 0 Å². The van der Waals surface area contributed by atoms with Crippen LogP contribution in [0.25, 0.3) is 0 Å². The average molecular weight is 386 g/mol. The van der Waals surface area contributed by atoms with E-state index in [4.69, 9.17) is 0 Å².